The molecule has 0 bridgehead atoms. The highest BCUT2D eigenvalue weighted by molar-refractivity contribution is 7.91. The molecule has 4 heterocycles. The fraction of sp³-hybridized carbons (Fsp3) is 0.318. The van der Waals surface area contributed by atoms with Gasteiger partial charge in [0.25, 0.3) is 5.91 Å². The van der Waals surface area contributed by atoms with Crippen LogP contribution in [0.25, 0.3) is 10.9 Å². The van der Waals surface area contributed by atoms with Crippen LogP contribution in [0.2, 0.25) is 0 Å². The normalized spacial score (nSPS) is 18.1. The first kappa shape index (κ1) is 19.0. The number of nitrogens with zero attached hydrogens (tertiary/aromatic N) is 4. The Morgan fingerprint density at radius 3 is 2.63 bits per heavy atom. The minimum Gasteiger partial charge on any atom is -0.369 e. The molecule has 154 valence electrons. The SMILES string of the molecule is O=C1c2c(N3CCS(=O)(=O)CC3)ccnc2CN1CCc1ccc2ccccc2n1. The molecular weight excluding hydrogens is 400 g/mol. The first-order chi connectivity index (χ1) is 14.5. The van der Waals surface area contributed by atoms with Crippen molar-refractivity contribution in [3.05, 3.63) is 65.6 Å². The number of carbonyl (C=O) groups excluding carboxylic acids is 1. The van der Waals surface area contributed by atoms with Crippen molar-refractivity contribution in [2.45, 2.75) is 13.0 Å². The molecule has 0 spiro atoms. The van der Waals surface area contributed by atoms with Crippen LogP contribution < -0.4 is 4.90 Å². The Morgan fingerprint density at radius 2 is 1.80 bits per heavy atom. The Kier molecular flexibility index (Phi) is 4.66. The number of hydrogen-bond donors (Lipinski definition) is 0. The molecule has 1 fully saturated rings. The van der Waals surface area contributed by atoms with E-state index in [1.54, 1.807) is 11.1 Å². The maximum Gasteiger partial charge on any atom is 0.258 e. The molecule has 0 atom stereocenters. The van der Waals surface area contributed by atoms with Crippen LogP contribution in [0.15, 0.2) is 48.7 Å². The van der Waals surface area contributed by atoms with Crippen LogP contribution in [0.5, 0.6) is 0 Å². The summed E-state index contributed by atoms with van der Waals surface area (Å²) in [6.45, 7) is 1.86. The zero-order valence-corrected chi connectivity index (χ0v) is 17.3. The maximum absolute atomic E-state index is 13.1. The molecule has 0 N–H and O–H groups in total. The second kappa shape index (κ2) is 7.36. The molecule has 0 unspecified atom stereocenters. The van der Waals surface area contributed by atoms with E-state index in [-0.39, 0.29) is 17.4 Å². The van der Waals surface area contributed by atoms with Crippen molar-refractivity contribution in [3.63, 3.8) is 0 Å². The molecular formula is C22H22N4O3S. The summed E-state index contributed by atoms with van der Waals surface area (Å²) < 4.78 is 23.5. The number of para-hydroxylation sites is 1. The molecule has 2 aromatic heterocycles. The van der Waals surface area contributed by atoms with Gasteiger partial charge in [0.1, 0.15) is 0 Å². The van der Waals surface area contributed by atoms with Crippen LogP contribution in [-0.4, -0.2) is 60.3 Å². The summed E-state index contributed by atoms with van der Waals surface area (Å²) in [5.41, 5.74) is 4.08. The molecule has 8 heteroatoms. The second-order valence-electron chi connectivity index (χ2n) is 7.76. The monoisotopic (exact) mass is 422 g/mol. The Morgan fingerprint density at radius 1 is 1.00 bits per heavy atom. The molecule has 0 radical (unpaired) electrons. The van der Waals surface area contributed by atoms with Crippen LogP contribution in [0.3, 0.4) is 0 Å². The quantitative estimate of drug-likeness (QED) is 0.640. The van der Waals surface area contributed by atoms with E-state index in [9.17, 15) is 13.2 Å². The summed E-state index contributed by atoms with van der Waals surface area (Å²) in [7, 11) is -2.98. The number of fused-ring (bicyclic) bond motifs is 2. The number of amides is 1. The van der Waals surface area contributed by atoms with Gasteiger partial charge < -0.3 is 9.80 Å². The van der Waals surface area contributed by atoms with Crippen LogP contribution in [0.4, 0.5) is 5.69 Å². The lowest BCUT2D eigenvalue weighted by molar-refractivity contribution is 0.0780. The Bertz CT molecular complexity index is 1230. The average molecular weight is 423 g/mol. The van der Waals surface area contributed by atoms with Crippen LogP contribution in [-0.2, 0) is 22.8 Å². The van der Waals surface area contributed by atoms with E-state index in [0.29, 0.717) is 38.2 Å². The molecule has 5 rings (SSSR count). The number of aromatic nitrogens is 2. The maximum atomic E-state index is 13.1. The topological polar surface area (TPSA) is 83.5 Å². The Labute approximate surface area is 175 Å². The number of carbonyl (C=O) groups is 1. The molecule has 1 amide bonds. The van der Waals surface area contributed by atoms with E-state index in [1.165, 1.54) is 0 Å². The number of anilines is 1. The highest BCUT2D eigenvalue weighted by atomic mass is 32.2. The zero-order chi connectivity index (χ0) is 20.7. The van der Waals surface area contributed by atoms with Gasteiger partial charge in [-0.05, 0) is 18.2 Å². The first-order valence-electron chi connectivity index (χ1n) is 10.1. The Hall–Kier alpha value is -3.00. The minimum absolute atomic E-state index is 0.0395. The van der Waals surface area contributed by atoms with E-state index in [2.05, 4.69) is 11.1 Å². The molecule has 0 saturated carbocycles. The third-order valence-corrected chi connectivity index (χ3v) is 7.44. The Balaban J connectivity index is 1.32. The fourth-order valence-electron chi connectivity index (χ4n) is 4.15. The molecule has 1 aromatic carbocycles. The third-order valence-electron chi connectivity index (χ3n) is 5.83. The smallest absolute Gasteiger partial charge is 0.258 e. The lowest BCUT2D eigenvalue weighted by Crippen LogP contribution is -2.41. The molecule has 0 aliphatic carbocycles. The van der Waals surface area contributed by atoms with Crippen LogP contribution in [0.1, 0.15) is 21.7 Å². The van der Waals surface area contributed by atoms with Crippen molar-refractivity contribution in [3.8, 4) is 0 Å². The summed E-state index contributed by atoms with van der Waals surface area (Å²) in [5, 5.41) is 1.10. The average Bonchev–Trinajstić information content (AvgIpc) is 3.08. The van der Waals surface area contributed by atoms with Crippen molar-refractivity contribution < 1.29 is 13.2 Å². The predicted octanol–water partition coefficient (Wildman–Crippen LogP) is 2.06. The van der Waals surface area contributed by atoms with Gasteiger partial charge >= 0.3 is 0 Å². The van der Waals surface area contributed by atoms with Gasteiger partial charge in [-0.2, -0.15) is 0 Å². The second-order valence-corrected chi connectivity index (χ2v) is 10.1. The van der Waals surface area contributed by atoms with Gasteiger partial charge in [-0.15, -0.1) is 0 Å². The third kappa shape index (κ3) is 3.52. The van der Waals surface area contributed by atoms with Crippen molar-refractivity contribution in [1.29, 1.82) is 0 Å². The largest absolute Gasteiger partial charge is 0.369 e. The molecule has 30 heavy (non-hydrogen) atoms. The van der Waals surface area contributed by atoms with E-state index in [4.69, 9.17) is 4.98 Å². The lowest BCUT2D eigenvalue weighted by Gasteiger charge is -2.29. The predicted molar refractivity (Wildman–Crippen MR) is 115 cm³/mol. The summed E-state index contributed by atoms with van der Waals surface area (Å²) in [6.07, 6.45) is 2.38. The van der Waals surface area contributed by atoms with Gasteiger partial charge in [-0.3, -0.25) is 14.8 Å². The van der Waals surface area contributed by atoms with Gasteiger partial charge in [-0.1, -0.05) is 24.3 Å². The molecule has 2 aliphatic rings. The molecule has 3 aromatic rings. The van der Waals surface area contributed by atoms with E-state index in [0.717, 1.165) is 28.0 Å². The van der Waals surface area contributed by atoms with Gasteiger partial charge in [0, 0.05) is 43.3 Å². The number of pyridine rings is 2. The van der Waals surface area contributed by atoms with E-state index >= 15 is 0 Å². The molecule has 2 aliphatic heterocycles. The summed E-state index contributed by atoms with van der Waals surface area (Å²) in [6, 6.07) is 13.9. The zero-order valence-electron chi connectivity index (χ0n) is 16.5. The van der Waals surface area contributed by atoms with Crippen molar-refractivity contribution in [1.82, 2.24) is 14.9 Å². The standard InChI is InChI=1S/C22H22N4O3S/c27-22-21-19(23-9-7-20(21)25-11-13-30(28,29)14-12-25)15-26(22)10-8-17-6-5-16-3-1-2-4-18(16)24-17/h1-7,9H,8,10-15H2. The number of rotatable bonds is 4. The number of benzene rings is 1. The number of sulfone groups is 1. The van der Waals surface area contributed by atoms with Gasteiger partial charge in [-0.25, -0.2) is 8.42 Å². The van der Waals surface area contributed by atoms with E-state index < -0.39 is 9.84 Å². The van der Waals surface area contributed by atoms with Gasteiger partial charge in [0.05, 0.1) is 40.5 Å². The van der Waals surface area contributed by atoms with Crippen molar-refractivity contribution >= 4 is 32.3 Å². The summed E-state index contributed by atoms with van der Waals surface area (Å²) in [4.78, 5) is 26.1. The van der Waals surface area contributed by atoms with Crippen LogP contribution >= 0.6 is 0 Å². The van der Waals surface area contributed by atoms with Gasteiger partial charge in [0.15, 0.2) is 9.84 Å². The van der Waals surface area contributed by atoms with Crippen molar-refractivity contribution in [2.24, 2.45) is 0 Å². The molecule has 1 saturated heterocycles. The summed E-state index contributed by atoms with van der Waals surface area (Å²) in [5.74, 6) is 0.202. The molecule has 7 nitrogen and oxygen atoms in total. The van der Waals surface area contributed by atoms with Gasteiger partial charge in [0.2, 0.25) is 0 Å². The number of hydrogen-bond acceptors (Lipinski definition) is 6. The first-order valence-corrected chi connectivity index (χ1v) is 11.9. The highest BCUT2D eigenvalue weighted by Gasteiger charge is 2.34. The highest BCUT2D eigenvalue weighted by Crippen LogP contribution is 2.31. The van der Waals surface area contributed by atoms with Crippen molar-refractivity contribution in [2.75, 3.05) is 36.0 Å². The lowest BCUT2D eigenvalue weighted by atomic mass is 10.1. The van der Waals surface area contributed by atoms with E-state index in [1.807, 2.05) is 41.3 Å². The summed E-state index contributed by atoms with van der Waals surface area (Å²) >= 11 is 0. The van der Waals surface area contributed by atoms with Crippen LogP contribution in [0, 0.1) is 0 Å². The minimum atomic E-state index is -2.98. The fourth-order valence-corrected chi connectivity index (χ4v) is 5.35.